The van der Waals surface area contributed by atoms with Gasteiger partial charge in [0.25, 0.3) is 0 Å². The fourth-order valence-corrected chi connectivity index (χ4v) is 6.88. The first-order valence-corrected chi connectivity index (χ1v) is 11.5. The van der Waals surface area contributed by atoms with Crippen molar-refractivity contribution < 1.29 is 22.8 Å². The summed E-state index contributed by atoms with van der Waals surface area (Å²) in [5, 5.41) is -0.474. The van der Waals surface area contributed by atoms with Gasteiger partial charge in [0, 0.05) is 11.3 Å². The predicted molar refractivity (Wildman–Crippen MR) is 122 cm³/mol. The van der Waals surface area contributed by atoms with Gasteiger partial charge in [0.2, 0.25) is 11.8 Å². The molecule has 0 aromatic heterocycles. The van der Waals surface area contributed by atoms with Crippen molar-refractivity contribution in [2.75, 3.05) is 4.90 Å². The normalized spacial score (nSPS) is 27.0. The summed E-state index contributed by atoms with van der Waals surface area (Å²) >= 11 is 5.80. The summed E-state index contributed by atoms with van der Waals surface area (Å²) in [5.74, 6) is -2.62. The van der Waals surface area contributed by atoms with Gasteiger partial charge in [-0.2, -0.15) is 13.2 Å². The first kappa shape index (κ1) is 21.4. The molecule has 2 atom stereocenters. The van der Waals surface area contributed by atoms with Gasteiger partial charge in [-0.15, -0.1) is 0 Å². The van der Waals surface area contributed by atoms with Crippen molar-refractivity contribution in [1.29, 1.82) is 0 Å². The highest BCUT2D eigenvalue weighted by molar-refractivity contribution is 6.31. The third kappa shape index (κ3) is 2.49. The van der Waals surface area contributed by atoms with Crippen molar-refractivity contribution in [3.05, 3.63) is 99.6 Å². The zero-order chi connectivity index (χ0) is 24.0. The lowest BCUT2D eigenvalue weighted by atomic mass is 9.46. The first-order valence-electron chi connectivity index (χ1n) is 11.1. The highest BCUT2D eigenvalue weighted by atomic mass is 35.5. The second kappa shape index (κ2) is 6.95. The van der Waals surface area contributed by atoms with Crippen molar-refractivity contribution >= 4 is 29.1 Å². The van der Waals surface area contributed by atoms with E-state index in [1.54, 1.807) is 0 Å². The second-order valence-corrected chi connectivity index (χ2v) is 9.56. The Labute approximate surface area is 199 Å². The molecule has 1 saturated heterocycles. The van der Waals surface area contributed by atoms with Crippen LogP contribution in [0.3, 0.4) is 0 Å². The number of carbonyl (C=O) groups excluding carboxylic acids is 2. The van der Waals surface area contributed by atoms with Crippen LogP contribution in [0.2, 0.25) is 5.02 Å². The van der Waals surface area contributed by atoms with E-state index < -0.39 is 45.8 Å². The number of hydrogen-bond donors (Lipinski definition) is 0. The number of benzene rings is 3. The molecule has 2 amide bonds. The van der Waals surface area contributed by atoms with Crippen LogP contribution in [0.5, 0.6) is 0 Å². The highest BCUT2D eigenvalue weighted by Gasteiger charge is 2.67. The summed E-state index contributed by atoms with van der Waals surface area (Å²) < 4.78 is 40.6. The summed E-state index contributed by atoms with van der Waals surface area (Å²) in [7, 11) is 0. The van der Waals surface area contributed by atoms with E-state index in [0.717, 1.165) is 39.3 Å². The molecule has 2 bridgehead atoms. The zero-order valence-electron chi connectivity index (χ0n) is 18.1. The fraction of sp³-hybridized carbons (Fsp3) is 0.259. The Kier molecular flexibility index (Phi) is 4.38. The largest absolute Gasteiger partial charge is 0.417 e. The second-order valence-electron chi connectivity index (χ2n) is 9.15. The minimum Gasteiger partial charge on any atom is -0.274 e. The van der Waals surface area contributed by atoms with Crippen molar-refractivity contribution in [2.45, 2.75) is 30.9 Å². The summed E-state index contributed by atoms with van der Waals surface area (Å²) in [6, 6.07) is 19.0. The van der Waals surface area contributed by atoms with Gasteiger partial charge < -0.3 is 0 Å². The molecule has 3 aromatic carbocycles. The monoisotopic (exact) mass is 481 g/mol. The van der Waals surface area contributed by atoms with Gasteiger partial charge in [0.05, 0.1) is 28.1 Å². The van der Waals surface area contributed by atoms with Gasteiger partial charge in [0.1, 0.15) is 0 Å². The lowest BCUT2D eigenvalue weighted by Crippen LogP contribution is -2.53. The molecule has 172 valence electrons. The van der Waals surface area contributed by atoms with Crippen LogP contribution in [0.15, 0.2) is 66.7 Å². The van der Waals surface area contributed by atoms with Gasteiger partial charge in [-0.1, -0.05) is 67.1 Å². The average Bonchev–Trinajstić information content (AvgIpc) is 3.09. The molecule has 34 heavy (non-hydrogen) atoms. The molecule has 4 aliphatic rings. The van der Waals surface area contributed by atoms with Crippen LogP contribution in [0.4, 0.5) is 18.9 Å². The standard InChI is InChI=1S/C27H19ClF3NO2/c1-2-26-17-9-5-3-7-15(17)21(16-8-4-6-10-18(16)26)22-23(26)25(34)32(24(22)33)14-11-12-20(28)19(13-14)27(29,30)31/h3-13,21-23H,2H2,1H3/t21?,22-,23-,26?/m1/s1. The summed E-state index contributed by atoms with van der Waals surface area (Å²) in [5.41, 5.74) is 2.18. The van der Waals surface area contributed by atoms with E-state index in [0.29, 0.717) is 6.42 Å². The van der Waals surface area contributed by atoms with Gasteiger partial charge in [0.15, 0.2) is 0 Å². The lowest BCUT2D eigenvalue weighted by Gasteiger charge is -2.54. The molecule has 1 heterocycles. The lowest BCUT2D eigenvalue weighted by molar-refractivity contribution is -0.137. The van der Waals surface area contributed by atoms with Gasteiger partial charge in [-0.25, -0.2) is 4.90 Å². The minimum absolute atomic E-state index is 0.0973. The predicted octanol–water partition coefficient (Wildman–Crippen LogP) is 6.32. The molecule has 3 nitrogen and oxygen atoms in total. The van der Waals surface area contributed by atoms with Crippen LogP contribution < -0.4 is 4.90 Å². The molecular formula is C27H19ClF3NO2. The van der Waals surface area contributed by atoms with E-state index in [4.69, 9.17) is 11.6 Å². The molecule has 0 N–H and O–H groups in total. The number of rotatable bonds is 2. The van der Waals surface area contributed by atoms with E-state index in [2.05, 4.69) is 0 Å². The average molecular weight is 482 g/mol. The Morgan fingerprint density at radius 3 is 2.06 bits per heavy atom. The third-order valence-corrected chi connectivity index (χ3v) is 8.19. The van der Waals surface area contributed by atoms with Crippen molar-refractivity contribution in [1.82, 2.24) is 0 Å². The number of alkyl halides is 3. The van der Waals surface area contributed by atoms with Crippen LogP contribution in [-0.2, 0) is 21.2 Å². The van der Waals surface area contributed by atoms with Crippen molar-refractivity contribution in [3.63, 3.8) is 0 Å². The third-order valence-electron chi connectivity index (χ3n) is 7.87. The summed E-state index contributed by atoms with van der Waals surface area (Å²) in [4.78, 5) is 28.8. The zero-order valence-corrected chi connectivity index (χ0v) is 18.8. The Balaban J connectivity index is 1.58. The molecule has 1 fully saturated rings. The van der Waals surface area contributed by atoms with Crippen molar-refractivity contribution in [2.24, 2.45) is 11.8 Å². The molecule has 1 aliphatic heterocycles. The molecule has 0 radical (unpaired) electrons. The Morgan fingerprint density at radius 2 is 1.50 bits per heavy atom. The van der Waals surface area contributed by atoms with Crippen LogP contribution in [0.25, 0.3) is 0 Å². The summed E-state index contributed by atoms with van der Waals surface area (Å²) in [6.45, 7) is 2.00. The first-order chi connectivity index (χ1) is 16.2. The smallest absolute Gasteiger partial charge is 0.274 e. The number of nitrogens with zero attached hydrogens (tertiary/aromatic N) is 1. The number of carbonyl (C=O) groups is 2. The Morgan fingerprint density at radius 1 is 0.912 bits per heavy atom. The molecule has 3 aromatic rings. The van der Waals surface area contributed by atoms with Crippen LogP contribution in [-0.4, -0.2) is 11.8 Å². The Bertz CT molecular complexity index is 1330. The van der Waals surface area contributed by atoms with E-state index in [1.165, 1.54) is 6.07 Å². The van der Waals surface area contributed by atoms with Crippen molar-refractivity contribution in [3.8, 4) is 0 Å². The topological polar surface area (TPSA) is 37.4 Å². The minimum atomic E-state index is -4.71. The number of halogens is 4. The highest BCUT2D eigenvalue weighted by Crippen LogP contribution is 2.65. The molecule has 0 saturated carbocycles. The summed E-state index contributed by atoms with van der Waals surface area (Å²) in [6.07, 6.45) is -4.13. The number of amides is 2. The fourth-order valence-electron chi connectivity index (χ4n) is 6.65. The Hall–Kier alpha value is -3.12. The van der Waals surface area contributed by atoms with Crippen LogP contribution in [0.1, 0.15) is 47.1 Å². The van der Waals surface area contributed by atoms with Gasteiger partial charge in [-0.3, -0.25) is 9.59 Å². The molecule has 7 heteroatoms. The molecule has 3 aliphatic carbocycles. The van der Waals surface area contributed by atoms with Gasteiger partial charge >= 0.3 is 6.18 Å². The molecule has 7 rings (SSSR count). The van der Waals surface area contributed by atoms with Crippen LogP contribution >= 0.6 is 11.6 Å². The number of anilines is 1. The maximum atomic E-state index is 14.0. The van der Waals surface area contributed by atoms with Gasteiger partial charge in [-0.05, 0) is 46.9 Å². The number of imide groups is 1. The van der Waals surface area contributed by atoms with E-state index >= 15 is 0 Å². The van der Waals surface area contributed by atoms with E-state index in [9.17, 15) is 22.8 Å². The van der Waals surface area contributed by atoms with E-state index in [-0.39, 0.29) is 11.6 Å². The maximum Gasteiger partial charge on any atom is 0.417 e. The maximum absolute atomic E-state index is 14.0. The number of hydrogen-bond acceptors (Lipinski definition) is 2. The molecular weight excluding hydrogens is 463 g/mol. The van der Waals surface area contributed by atoms with Crippen LogP contribution in [0, 0.1) is 11.8 Å². The molecule has 0 unspecified atom stereocenters. The SMILES string of the molecule is CCC12c3ccccc3C(c3ccccc31)[C@H]1C(=O)N(c3ccc(Cl)c(C(F)(F)F)c3)C(=O)[C@@H]12. The molecule has 0 spiro atoms. The quantitative estimate of drug-likeness (QED) is 0.402. The van der Waals surface area contributed by atoms with E-state index in [1.807, 2.05) is 55.5 Å².